The number of aryl methyl sites for hydroxylation is 1. The molecule has 0 amide bonds. The highest BCUT2D eigenvalue weighted by Crippen LogP contribution is 2.37. The molecule has 0 unspecified atom stereocenters. The fourth-order valence-corrected chi connectivity index (χ4v) is 3.38. The Labute approximate surface area is 147 Å². The molecular weight excluding hydrogens is 316 g/mol. The number of methoxy groups -OCH3 is 1. The van der Waals surface area contributed by atoms with Gasteiger partial charge in [0.25, 0.3) is 0 Å². The molecule has 1 fully saturated rings. The number of hydrogen-bond acceptors (Lipinski definition) is 4. The number of Topliss-reactive ketones (excluding diaryl/α,β-unsaturated/α-hetero) is 1. The molecule has 0 radical (unpaired) electrons. The third-order valence-corrected chi connectivity index (χ3v) is 4.69. The van der Waals surface area contributed by atoms with Gasteiger partial charge in [0.2, 0.25) is 0 Å². The molecule has 1 aliphatic rings. The van der Waals surface area contributed by atoms with Crippen molar-refractivity contribution in [1.29, 1.82) is 0 Å². The molecule has 1 aromatic carbocycles. The maximum Gasteiger partial charge on any atom is 0.341 e. The average Bonchev–Trinajstić information content (AvgIpc) is 3.25. The van der Waals surface area contributed by atoms with Crippen molar-refractivity contribution in [2.45, 2.75) is 39.5 Å². The molecule has 1 heterocycles. The van der Waals surface area contributed by atoms with Crippen LogP contribution in [0.25, 0.3) is 5.57 Å². The maximum absolute atomic E-state index is 11.9. The van der Waals surface area contributed by atoms with Crippen LogP contribution in [0.5, 0.6) is 0 Å². The van der Waals surface area contributed by atoms with E-state index in [1.54, 1.807) is 19.9 Å². The van der Waals surface area contributed by atoms with Gasteiger partial charge < -0.3 is 9.15 Å². The number of esters is 1. The molecule has 25 heavy (non-hydrogen) atoms. The fraction of sp³-hybridized carbons (Fsp3) is 0.333. The summed E-state index contributed by atoms with van der Waals surface area (Å²) in [5.41, 5.74) is 4.38. The summed E-state index contributed by atoms with van der Waals surface area (Å²) in [4.78, 5) is 23.7. The Morgan fingerprint density at radius 1 is 1.08 bits per heavy atom. The van der Waals surface area contributed by atoms with Crippen LogP contribution in [0.1, 0.15) is 70.4 Å². The molecule has 2 aromatic rings. The molecule has 1 aromatic heterocycles. The van der Waals surface area contributed by atoms with E-state index in [-0.39, 0.29) is 5.78 Å². The van der Waals surface area contributed by atoms with E-state index in [1.165, 1.54) is 12.7 Å². The molecule has 0 spiro atoms. The summed E-state index contributed by atoms with van der Waals surface area (Å²) in [6.45, 7) is 3.33. The third kappa shape index (κ3) is 3.43. The Balaban J connectivity index is 2.15. The van der Waals surface area contributed by atoms with Crippen LogP contribution in [-0.4, -0.2) is 18.9 Å². The zero-order valence-electron chi connectivity index (χ0n) is 14.8. The third-order valence-electron chi connectivity index (χ3n) is 4.69. The molecule has 0 saturated heterocycles. The molecule has 0 bridgehead atoms. The van der Waals surface area contributed by atoms with E-state index in [4.69, 9.17) is 9.15 Å². The predicted octanol–water partition coefficient (Wildman–Crippen LogP) is 4.95. The van der Waals surface area contributed by atoms with Gasteiger partial charge in [-0.1, -0.05) is 23.8 Å². The Morgan fingerprint density at radius 3 is 2.40 bits per heavy atom. The molecule has 4 heteroatoms. The molecule has 0 aliphatic heterocycles. The standard InChI is InChI=1S/C21H22O4/c1-13(22)16-9-6-10-17(11-16)20(15-7-4-5-8-15)19-12-18(14(2)25-19)21(23)24-3/h6,9-12H,4-5,7-8H2,1-3H3. The zero-order chi connectivity index (χ0) is 18.0. The summed E-state index contributed by atoms with van der Waals surface area (Å²) in [5, 5.41) is 0. The minimum Gasteiger partial charge on any atom is -0.465 e. The smallest absolute Gasteiger partial charge is 0.341 e. The maximum atomic E-state index is 11.9. The fourth-order valence-electron chi connectivity index (χ4n) is 3.38. The van der Waals surface area contributed by atoms with E-state index in [2.05, 4.69) is 0 Å². The van der Waals surface area contributed by atoms with Crippen molar-refractivity contribution < 1.29 is 18.7 Å². The van der Waals surface area contributed by atoms with Crippen LogP contribution in [0.2, 0.25) is 0 Å². The minimum atomic E-state index is -0.402. The molecular formula is C21H22O4. The van der Waals surface area contributed by atoms with Crippen molar-refractivity contribution >= 4 is 17.3 Å². The summed E-state index contributed by atoms with van der Waals surface area (Å²) in [6.07, 6.45) is 4.31. The van der Waals surface area contributed by atoms with Crippen molar-refractivity contribution in [2.75, 3.05) is 7.11 Å². The number of benzene rings is 1. The van der Waals surface area contributed by atoms with E-state index in [1.807, 2.05) is 24.3 Å². The molecule has 0 atom stereocenters. The predicted molar refractivity (Wildman–Crippen MR) is 95.7 cm³/mol. The minimum absolute atomic E-state index is 0.0310. The average molecular weight is 338 g/mol. The van der Waals surface area contributed by atoms with Gasteiger partial charge in [0, 0.05) is 11.1 Å². The number of rotatable bonds is 4. The van der Waals surface area contributed by atoms with Crippen molar-refractivity contribution in [3.05, 3.63) is 64.1 Å². The van der Waals surface area contributed by atoms with Gasteiger partial charge in [0.1, 0.15) is 17.1 Å². The van der Waals surface area contributed by atoms with Gasteiger partial charge in [0.15, 0.2) is 5.78 Å². The summed E-state index contributed by atoms with van der Waals surface area (Å²) >= 11 is 0. The van der Waals surface area contributed by atoms with Crippen molar-refractivity contribution in [2.24, 2.45) is 0 Å². The van der Waals surface area contributed by atoms with Gasteiger partial charge in [0.05, 0.1) is 7.11 Å². The number of furan rings is 1. The second-order valence-corrected chi connectivity index (χ2v) is 6.39. The number of carbonyl (C=O) groups is 2. The first kappa shape index (κ1) is 17.2. The van der Waals surface area contributed by atoms with Crippen molar-refractivity contribution in [3.63, 3.8) is 0 Å². The van der Waals surface area contributed by atoms with Gasteiger partial charge in [-0.2, -0.15) is 0 Å². The Morgan fingerprint density at radius 2 is 1.76 bits per heavy atom. The quantitative estimate of drug-likeness (QED) is 0.584. The number of ether oxygens (including phenoxy) is 1. The van der Waals surface area contributed by atoms with E-state index in [0.717, 1.165) is 36.8 Å². The first-order valence-electron chi connectivity index (χ1n) is 8.53. The second kappa shape index (κ2) is 7.09. The SMILES string of the molecule is COC(=O)c1cc(C(=C2CCCC2)c2cccc(C(C)=O)c2)oc1C. The molecule has 4 nitrogen and oxygen atoms in total. The highest BCUT2D eigenvalue weighted by Gasteiger charge is 2.23. The second-order valence-electron chi connectivity index (χ2n) is 6.39. The Bertz CT molecular complexity index is 847. The first-order chi connectivity index (χ1) is 12.0. The van der Waals surface area contributed by atoms with Crippen LogP contribution < -0.4 is 0 Å². The lowest BCUT2D eigenvalue weighted by Crippen LogP contribution is -2.00. The largest absolute Gasteiger partial charge is 0.465 e. The van der Waals surface area contributed by atoms with Crippen LogP contribution in [0.15, 0.2) is 40.3 Å². The molecule has 0 N–H and O–H groups in total. The Hall–Kier alpha value is -2.62. The monoisotopic (exact) mass is 338 g/mol. The zero-order valence-corrected chi connectivity index (χ0v) is 14.8. The summed E-state index contributed by atoms with van der Waals surface area (Å²) < 4.78 is 10.8. The van der Waals surface area contributed by atoms with E-state index in [9.17, 15) is 9.59 Å². The summed E-state index contributed by atoms with van der Waals surface area (Å²) in [5.74, 6) is 0.834. The molecule has 3 rings (SSSR count). The van der Waals surface area contributed by atoms with Gasteiger partial charge in [-0.15, -0.1) is 0 Å². The summed E-state index contributed by atoms with van der Waals surface area (Å²) in [7, 11) is 1.36. The topological polar surface area (TPSA) is 56.5 Å². The van der Waals surface area contributed by atoms with Crippen LogP contribution in [0.4, 0.5) is 0 Å². The lowest BCUT2D eigenvalue weighted by Gasteiger charge is -2.11. The van der Waals surface area contributed by atoms with Crippen LogP contribution in [0.3, 0.4) is 0 Å². The first-order valence-corrected chi connectivity index (χ1v) is 8.53. The van der Waals surface area contributed by atoms with Crippen molar-refractivity contribution in [3.8, 4) is 0 Å². The van der Waals surface area contributed by atoms with Gasteiger partial charge >= 0.3 is 5.97 Å². The molecule has 130 valence electrons. The Kier molecular flexibility index (Phi) is 4.88. The highest BCUT2D eigenvalue weighted by molar-refractivity contribution is 5.96. The number of ketones is 1. The number of carbonyl (C=O) groups excluding carboxylic acids is 2. The van der Waals surface area contributed by atoms with Crippen LogP contribution in [0, 0.1) is 6.92 Å². The van der Waals surface area contributed by atoms with E-state index < -0.39 is 5.97 Å². The van der Waals surface area contributed by atoms with Crippen molar-refractivity contribution in [1.82, 2.24) is 0 Å². The number of hydrogen-bond donors (Lipinski definition) is 0. The van der Waals surface area contributed by atoms with Crippen LogP contribution in [-0.2, 0) is 4.74 Å². The lowest BCUT2D eigenvalue weighted by atomic mass is 9.94. The van der Waals surface area contributed by atoms with Gasteiger partial charge in [-0.05, 0) is 57.2 Å². The van der Waals surface area contributed by atoms with E-state index >= 15 is 0 Å². The number of allylic oxidation sites excluding steroid dienone is 1. The van der Waals surface area contributed by atoms with Crippen LogP contribution >= 0.6 is 0 Å². The van der Waals surface area contributed by atoms with Gasteiger partial charge in [-0.25, -0.2) is 4.79 Å². The van der Waals surface area contributed by atoms with E-state index in [0.29, 0.717) is 22.6 Å². The highest BCUT2D eigenvalue weighted by atomic mass is 16.5. The van der Waals surface area contributed by atoms with Gasteiger partial charge in [-0.3, -0.25) is 4.79 Å². The molecule has 1 aliphatic carbocycles. The normalized spacial score (nSPS) is 13.8. The molecule has 1 saturated carbocycles. The summed E-state index contributed by atoms with van der Waals surface area (Å²) in [6, 6.07) is 9.35. The lowest BCUT2D eigenvalue weighted by molar-refractivity contribution is 0.0598.